The van der Waals surface area contributed by atoms with E-state index in [1.165, 1.54) is 6.07 Å². The number of alkyl halides is 1. The van der Waals surface area contributed by atoms with Crippen molar-refractivity contribution in [2.45, 2.75) is 18.5 Å². The Morgan fingerprint density at radius 2 is 1.84 bits per heavy atom. The molecule has 2 atom stereocenters. The number of esters is 1. The second-order valence-corrected chi connectivity index (χ2v) is 6.17. The molecule has 0 N–H and O–H groups in total. The van der Waals surface area contributed by atoms with Gasteiger partial charge in [0.1, 0.15) is 0 Å². The first-order chi connectivity index (χ1) is 12.0. The Hall–Kier alpha value is -2.89. The minimum atomic E-state index is -2.82. The van der Waals surface area contributed by atoms with E-state index in [1.54, 1.807) is 18.2 Å². The highest BCUT2D eigenvalue weighted by molar-refractivity contribution is 6.20. The lowest BCUT2D eigenvalue weighted by Crippen LogP contribution is -2.44. The van der Waals surface area contributed by atoms with Crippen molar-refractivity contribution in [1.29, 1.82) is 0 Å². The van der Waals surface area contributed by atoms with E-state index < -0.39 is 23.3 Å². The molecule has 1 aliphatic carbocycles. The molecule has 4 rings (SSSR count). The van der Waals surface area contributed by atoms with E-state index in [0.29, 0.717) is 22.6 Å². The average molecular weight is 342 g/mol. The van der Waals surface area contributed by atoms with Crippen molar-refractivity contribution in [2.24, 2.45) is 0 Å². The van der Waals surface area contributed by atoms with Crippen LogP contribution in [0.5, 0.6) is 11.5 Å². The molecule has 2 aromatic rings. The minimum absolute atomic E-state index is 0.0411. The molecule has 2 aromatic carbocycles. The van der Waals surface area contributed by atoms with E-state index in [0.717, 1.165) is 12.7 Å². The molecule has 0 spiro atoms. The van der Waals surface area contributed by atoms with E-state index in [1.807, 2.05) is 19.1 Å². The lowest BCUT2D eigenvalue weighted by Gasteiger charge is -2.24. The molecule has 0 unspecified atom stereocenters. The Balaban J connectivity index is 1.96. The molecule has 0 aromatic heterocycles. The maximum absolute atomic E-state index is 15.8. The molecular formula is C19H15FO5. The van der Waals surface area contributed by atoms with Crippen molar-refractivity contribution in [3.05, 3.63) is 58.7 Å². The third-order valence-corrected chi connectivity index (χ3v) is 4.72. The molecule has 1 heterocycles. The fraction of sp³-hybridized carbons (Fsp3) is 0.263. The number of hydrogen-bond acceptors (Lipinski definition) is 5. The van der Waals surface area contributed by atoms with Crippen molar-refractivity contribution in [2.75, 3.05) is 13.9 Å². The Morgan fingerprint density at radius 3 is 2.48 bits per heavy atom. The van der Waals surface area contributed by atoms with Gasteiger partial charge in [0.15, 0.2) is 11.5 Å². The monoisotopic (exact) mass is 342 g/mol. The lowest BCUT2D eigenvalue weighted by molar-refractivity contribution is -0.151. The normalized spacial score (nSPS) is 23.5. The number of fused-ring (bicyclic) bond motifs is 2. The summed E-state index contributed by atoms with van der Waals surface area (Å²) in [6, 6.07) is 10.1. The molecule has 25 heavy (non-hydrogen) atoms. The van der Waals surface area contributed by atoms with Gasteiger partial charge in [0.2, 0.25) is 12.6 Å². The highest BCUT2D eigenvalue weighted by Crippen LogP contribution is 2.51. The highest BCUT2D eigenvalue weighted by Gasteiger charge is 2.61. The zero-order valence-corrected chi connectivity index (χ0v) is 13.7. The molecule has 2 aliphatic rings. The molecule has 0 saturated heterocycles. The Morgan fingerprint density at radius 1 is 1.20 bits per heavy atom. The van der Waals surface area contributed by atoms with Crippen LogP contribution in [0.15, 0.2) is 36.4 Å². The molecule has 5 nitrogen and oxygen atoms in total. The van der Waals surface area contributed by atoms with Gasteiger partial charge in [-0.15, -0.1) is 0 Å². The SMILES string of the molecule is COC(=O)[C@@]1(F)C(=O)c2cc3c(cc2[C@@H]1c1ccc(C)cc1)OCO3. The summed E-state index contributed by atoms with van der Waals surface area (Å²) in [6.45, 7) is 1.94. The predicted molar refractivity (Wildman–Crippen MR) is 85.8 cm³/mol. The summed E-state index contributed by atoms with van der Waals surface area (Å²) in [5.74, 6) is -2.43. The van der Waals surface area contributed by atoms with Gasteiger partial charge in [-0.05, 0) is 30.2 Å². The van der Waals surface area contributed by atoms with Crippen LogP contribution >= 0.6 is 0 Å². The number of Topliss-reactive ketones (excluding diaryl/α,β-unsaturated/α-hetero) is 1. The molecule has 1 aliphatic heterocycles. The summed E-state index contributed by atoms with van der Waals surface area (Å²) in [5.41, 5.74) is -0.804. The van der Waals surface area contributed by atoms with Crippen LogP contribution in [0.2, 0.25) is 0 Å². The second-order valence-electron chi connectivity index (χ2n) is 6.17. The number of hydrogen-bond donors (Lipinski definition) is 0. The van der Waals surface area contributed by atoms with Crippen LogP contribution in [0.25, 0.3) is 0 Å². The van der Waals surface area contributed by atoms with Gasteiger partial charge in [-0.2, -0.15) is 0 Å². The van der Waals surface area contributed by atoms with Crippen molar-refractivity contribution in [1.82, 2.24) is 0 Å². The predicted octanol–water partition coefficient (Wildman–Crippen LogP) is 2.93. The van der Waals surface area contributed by atoms with Gasteiger partial charge in [0, 0.05) is 5.56 Å². The molecule has 0 fully saturated rings. The van der Waals surface area contributed by atoms with Crippen LogP contribution in [0.1, 0.15) is 33.0 Å². The summed E-state index contributed by atoms with van der Waals surface area (Å²) in [6.07, 6.45) is 0. The quantitative estimate of drug-likeness (QED) is 0.620. The molecule has 0 radical (unpaired) electrons. The molecule has 6 heteroatoms. The molecular weight excluding hydrogens is 327 g/mol. The number of ether oxygens (including phenoxy) is 3. The zero-order chi connectivity index (χ0) is 17.8. The average Bonchev–Trinajstić information content (AvgIpc) is 3.16. The number of carbonyl (C=O) groups is 2. The van der Waals surface area contributed by atoms with Gasteiger partial charge in [-0.3, -0.25) is 4.79 Å². The van der Waals surface area contributed by atoms with Crippen LogP contribution < -0.4 is 9.47 Å². The summed E-state index contributed by atoms with van der Waals surface area (Å²) in [7, 11) is 1.07. The Labute approximate surface area is 143 Å². The number of carbonyl (C=O) groups excluding carboxylic acids is 2. The first kappa shape index (κ1) is 15.6. The van der Waals surface area contributed by atoms with E-state index in [4.69, 9.17) is 9.47 Å². The zero-order valence-electron chi connectivity index (χ0n) is 13.7. The maximum atomic E-state index is 15.8. The lowest BCUT2D eigenvalue weighted by atomic mass is 9.83. The summed E-state index contributed by atoms with van der Waals surface area (Å²) in [4.78, 5) is 25.0. The number of methoxy groups -OCH3 is 1. The highest BCUT2D eigenvalue weighted by atomic mass is 19.1. The van der Waals surface area contributed by atoms with E-state index in [9.17, 15) is 9.59 Å². The van der Waals surface area contributed by atoms with Crippen LogP contribution in [0, 0.1) is 6.92 Å². The third-order valence-electron chi connectivity index (χ3n) is 4.72. The molecule has 0 saturated carbocycles. The van der Waals surface area contributed by atoms with Gasteiger partial charge in [0.05, 0.1) is 13.0 Å². The summed E-state index contributed by atoms with van der Waals surface area (Å²) < 4.78 is 31.1. The first-order valence-electron chi connectivity index (χ1n) is 7.79. The fourth-order valence-corrected chi connectivity index (χ4v) is 3.46. The number of ketones is 1. The summed E-state index contributed by atoms with van der Waals surface area (Å²) in [5, 5.41) is 0. The number of aryl methyl sites for hydroxylation is 1. The van der Waals surface area contributed by atoms with E-state index >= 15 is 4.39 Å². The minimum Gasteiger partial charge on any atom is -0.466 e. The fourth-order valence-electron chi connectivity index (χ4n) is 3.46. The largest absolute Gasteiger partial charge is 0.466 e. The standard InChI is InChI=1S/C19H15FO5/c1-10-3-5-11(6-4-10)16-12-7-14-15(25-9-24-14)8-13(12)17(21)19(16,20)18(22)23-2/h3-8,16H,9H2,1-2H3/t16-,19-/m0/s1. The smallest absolute Gasteiger partial charge is 0.352 e. The van der Waals surface area contributed by atoms with E-state index in [2.05, 4.69) is 4.74 Å². The van der Waals surface area contributed by atoms with Crippen LogP contribution in [-0.2, 0) is 9.53 Å². The molecule has 0 amide bonds. The van der Waals surface area contributed by atoms with Crippen LogP contribution in [0.3, 0.4) is 0 Å². The van der Waals surface area contributed by atoms with Crippen molar-refractivity contribution >= 4 is 11.8 Å². The topological polar surface area (TPSA) is 61.8 Å². The van der Waals surface area contributed by atoms with Gasteiger partial charge in [-0.1, -0.05) is 29.8 Å². The number of benzene rings is 2. The summed E-state index contributed by atoms with van der Waals surface area (Å²) >= 11 is 0. The van der Waals surface area contributed by atoms with Gasteiger partial charge in [-0.25, -0.2) is 9.18 Å². The second kappa shape index (κ2) is 5.31. The first-order valence-corrected chi connectivity index (χ1v) is 7.79. The Kier molecular flexibility index (Phi) is 3.32. The van der Waals surface area contributed by atoms with E-state index in [-0.39, 0.29) is 12.4 Å². The van der Waals surface area contributed by atoms with Gasteiger partial charge in [0.25, 0.3) is 5.67 Å². The van der Waals surface area contributed by atoms with Gasteiger partial charge >= 0.3 is 5.97 Å². The molecule has 0 bridgehead atoms. The maximum Gasteiger partial charge on any atom is 0.352 e. The van der Waals surface area contributed by atoms with Crippen LogP contribution in [0.4, 0.5) is 4.39 Å². The third kappa shape index (κ3) is 2.06. The Bertz CT molecular complexity index is 889. The number of halogens is 1. The van der Waals surface area contributed by atoms with Crippen molar-refractivity contribution < 1.29 is 28.2 Å². The molecule has 128 valence electrons. The number of rotatable bonds is 2. The van der Waals surface area contributed by atoms with Crippen molar-refractivity contribution in [3.8, 4) is 11.5 Å². The van der Waals surface area contributed by atoms with Crippen molar-refractivity contribution in [3.63, 3.8) is 0 Å². The van der Waals surface area contributed by atoms with Crippen LogP contribution in [-0.4, -0.2) is 31.3 Å². The van der Waals surface area contributed by atoms with Gasteiger partial charge < -0.3 is 14.2 Å².